The summed E-state index contributed by atoms with van der Waals surface area (Å²) in [5.41, 5.74) is 2.49. The first-order valence-corrected chi connectivity index (χ1v) is 7.01. The van der Waals surface area contributed by atoms with E-state index in [1.165, 1.54) is 11.1 Å². The zero-order valence-corrected chi connectivity index (χ0v) is 12.4. The molecule has 0 saturated carbocycles. The van der Waals surface area contributed by atoms with Gasteiger partial charge < -0.3 is 10.1 Å². The second-order valence-corrected chi connectivity index (χ2v) is 5.13. The highest BCUT2D eigenvalue weighted by Crippen LogP contribution is 2.29. The SMILES string of the molecule is CCNC(c1cccc(CC)c1)C(C)(C)OCC. The first kappa shape index (κ1) is 15.2. The van der Waals surface area contributed by atoms with Crippen molar-refractivity contribution >= 4 is 0 Å². The maximum absolute atomic E-state index is 5.91. The number of benzene rings is 1. The van der Waals surface area contributed by atoms with Crippen LogP contribution < -0.4 is 5.32 Å². The minimum atomic E-state index is -0.197. The highest BCUT2D eigenvalue weighted by Gasteiger charge is 2.30. The number of aryl methyl sites for hydroxylation is 1. The van der Waals surface area contributed by atoms with Gasteiger partial charge in [0.15, 0.2) is 0 Å². The number of ether oxygens (including phenoxy) is 1. The smallest absolute Gasteiger partial charge is 0.0820 e. The fourth-order valence-electron chi connectivity index (χ4n) is 2.42. The van der Waals surface area contributed by atoms with Gasteiger partial charge in [0.05, 0.1) is 11.6 Å². The van der Waals surface area contributed by atoms with Crippen molar-refractivity contribution in [3.05, 3.63) is 35.4 Å². The second kappa shape index (κ2) is 6.91. The van der Waals surface area contributed by atoms with Crippen LogP contribution in [0, 0.1) is 0 Å². The predicted molar refractivity (Wildman–Crippen MR) is 77.9 cm³/mol. The summed E-state index contributed by atoms with van der Waals surface area (Å²) in [5, 5.41) is 3.55. The molecule has 0 amide bonds. The third-order valence-corrected chi connectivity index (χ3v) is 3.31. The van der Waals surface area contributed by atoms with Crippen LogP contribution in [0.15, 0.2) is 24.3 Å². The third kappa shape index (κ3) is 3.82. The zero-order valence-electron chi connectivity index (χ0n) is 12.4. The van der Waals surface area contributed by atoms with Gasteiger partial charge in [-0.3, -0.25) is 0 Å². The summed E-state index contributed by atoms with van der Waals surface area (Å²) in [7, 11) is 0. The van der Waals surface area contributed by atoms with E-state index in [0.717, 1.165) is 19.6 Å². The Hall–Kier alpha value is -0.860. The summed E-state index contributed by atoms with van der Waals surface area (Å²) in [6, 6.07) is 9.02. The van der Waals surface area contributed by atoms with E-state index in [-0.39, 0.29) is 11.6 Å². The van der Waals surface area contributed by atoms with Crippen LogP contribution in [0.25, 0.3) is 0 Å². The van der Waals surface area contributed by atoms with E-state index in [1.54, 1.807) is 0 Å². The average Bonchev–Trinajstić information content (AvgIpc) is 2.35. The largest absolute Gasteiger partial charge is 0.374 e. The van der Waals surface area contributed by atoms with E-state index in [4.69, 9.17) is 4.74 Å². The van der Waals surface area contributed by atoms with Crippen LogP contribution >= 0.6 is 0 Å². The molecule has 102 valence electrons. The van der Waals surface area contributed by atoms with Crippen molar-refractivity contribution in [2.45, 2.75) is 52.7 Å². The van der Waals surface area contributed by atoms with Gasteiger partial charge in [0, 0.05) is 6.61 Å². The number of hydrogen-bond acceptors (Lipinski definition) is 2. The maximum Gasteiger partial charge on any atom is 0.0820 e. The quantitative estimate of drug-likeness (QED) is 0.795. The van der Waals surface area contributed by atoms with Crippen molar-refractivity contribution in [3.8, 4) is 0 Å². The Morgan fingerprint density at radius 1 is 1.22 bits per heavy atom. The van der Waals surface area contributed by atoms with Crippen molar-refractivity contribution in [1.82, 2.24) is 5.32 Å². The van der Waals surface area contributed by atoms with Crippen LogP contribution in [0.5, 0.6) is 0 Å². The molecule has 0 aliphatic rings. The van der Waals surface area contributed by atoms with Crippen LogP contribution in [0.4, 0.5) is 0 Å². The Morgan fingerprint density at radius 3 is 2.50 bits per heavy atom. The maximum atomic E-state index is 5.91. The highest BCUT2D eigenvalue weighted by molar-refractivity contribution is 5.28. The fraction of sp³-hybridized carbons (Fsp3) is 0.625. The Morgan fingerprint density at radius 2 is 1.94 bits per heavy atom. The summed E-state index contributed by atoms with van der Waals surface area (Å²) >= 11 is 0. The van der Waals surface area contributed by atoms with Crippen molar-refractivity contribution in [1.29, 1.82) is 0 Å². The first-order valence-electron chi connectivity index (χ1n) is 7.01. The molecule has 1 aromatic rings. The molecule has 2 heteroatoms. The second-order valence-electron chi connectivity index (χ2n) is 5.13. The molecule has 0 aliphatic heterocycles. The minimum absolute atomic E-state index is 0.197. The molecule has 0 heterocycles. The molecular weight excluding hydrogens is 222 g/mol. The van der Waals surface area contributed by atoms with E-state index >= 15 is 0 Å². The highest BCUT2D eigenvalue weighted by atomic mass is 16.5. The lowest BCUT2D eigenvalue weighted by Crippen LogP contribution is -2.41. The average molecular weight is 249 g/mol. The van der Waals surface area contributed by atoms with E-state index < -0.39 is 0 Å². The Balaban J connectivity index is 3.02. The van der Waals surface area contributed by atoms with Crippen LogP contribution in [0.2, 0.25) is 0 Å². The van der Waals surface area contributed by atoms with Crippen molar-refractivity contribution in [2.24, 2.45) is 0 Å². The molecule has 0 bridgehead atoms. The molecule has 0 radical (unpaired) electrons. The molecule has 1 aromatic carbocycles. The van der Waals surface area contributed by atoms with Gasteiger partial charge in [-0.25, -0.2) is 0 Å². The van der Waals surface area contributed by atoms with Gasteiger partial charge in [-0.05, 0) is 44.9 Å². The summed E-state index contributed by atoms with van der Waals surface area (Å²) in [4.78, 5) is 0. The number of hydrogen-bond donors (Lipinski definition) is 1. The molecule has 18 heavy (non-hydrogen) atoms. The Kier molecular flexibility index (Phi) is 5.83. The lowest BCUT2D eigenvalue weighted by Gasteiger charge is -2.35. The van der Waals surface area contributed by atoms with Gasteiger partial charge in [0.25, 0.3) is 0 Å². The van der Waals surface area contributed by atoms with Gasteiger partial charge in [-0.2, -0.15) is 0 Å². The van der Waals surface area contributed by atoms with E-state index in [1.807, 2.05) is 6.92 Å². The van der Waals surface area contributed by atoms with Crippen LogP contribution in [-0.4, -0.2) is 18.8 Å². The van der Waals surface area contributed by atoms with Crippen LogP contribution in [-0.2, 0) is 11.2 Å². The Bertz CT molecular complexity index is 360. The van der Waals surface area contributed by atoms with Gasteiger partial charge in [-0.1, -0.05) is 38.1 Å². The van der Waals surface area contributed by atoms with Crippen LogP contribution in [0.1, 0.15) is 51.8 Å². The van der Waals surface area contributed by atoms with Gasteiger partial charge in [0.1, 0.15) is 0 Å². The third-order valence-electron chi connectivity index (χ3n) is 3.31. The van der Waals surface area contributed by atoms with Gasteiger partial charge >= 0.3 is 0 Å². The normalized spacial score (nSPS) is 13.6. The topological polar surface area (TPSA) is 21.3 Å². The molecule has 0 saturated heterocycles. The zero-order chi connectivity index (χ0) is 13.6. The molecule has 1 N–H and O–H groups in total. The van der Waals surface area contributed by atoms with E-state index in [2.05, 4.69) is 57.3 Å². The Labute approximate surface area is 112 Å². The first-order chi connectivity index (χ1) is 8.55. The molecule has 0 fully saturated rings. The lowest BCUT2D eigenvalue weighted by molar-refractivity contribution is -0.0388. The molecule has 1 unspecified atom stereocenters. The summed E-state index contributed by atoms with van der Waals surface area (Å²) in [6.45, 7) is 12.4. The molecule has 0 spiro atoms. The van der Waals surface area contributed by atoms with Crippen LogP contribution in [0.3, 0.4) is 0 Å². The molecule has 0 aromatic heterocycles. The van der Waals surface area contributed by atoms with Crippen molar-refractivity contribution < 1.29 is 4.74 Å². The van der Waals surface area contributed by atoms with Crippen molar-refractivity contribution in [2.75, 3.05) is 13.2 Å². The minimum Gasteiger partial charge on any atom is -0.374 e. The molecule has 0 aliphatic carbocycles. The van der Waals surface area contributed by atoms with E-state index in [0.29, 0.717) is 0 Å². The lowest BCUT2D eigenvalue weighted by atomic mass is 9.90. The number of rotatable bonds is 7. The monoisotopic (exact) mass is 249 g/mol. The fourth-order valence-corrected chi connectivity index (χ4v) is 2.42. The van der Waals surface area contributed by atoms with Gasteiger partial charge in [0.2, 0.25) is 0 Å². The molecule has 2 nitrogen and oxygen atoms in total. The molecule has 1 rings (SSSR count). The van der Waals surface area contributed by atoms with Gasteiger partial charge in [-0.15, -0.1) is 0 Å². The molecule has 1 atom stereocenters. The predicted octanol–water partition coefficient (Wildman–Crippen LogP) is 3.71. The number of likely N-dealkylation sites (N-methyl/N-ethyl adjacent to an activating group) is 1. The summed E-state index contributed by atoms with van der Waals surface area (Å²) < 4.78 is 5.91. The number of nitrogens with one attached hydrogen (secondary N) is 1. The summed E-state index contributed by atoms with van der Waals surface area (Å²) in [6.07, 6.45) is 1.07. The summed E-state index contributed by atoms with van der Waals surface area (Å²) in [5.74, 6) is 0. The standard InChI is InChI=1S/C16H27NO/c1-6-13-10-9-11-14(12-13)15(17-7-2)16(4,5)18-8-3/h9-12,15,17H,6-8H2,1-5H3. The molecular formula is C16H27NO. The van der Waals surface area contributed by atoms with Crippen molar-refractivity contribution in [3.63, 3.8) is 0 Å². The van der Waals surface area contributed by atoms with E-state index in [9.17, 15) is 0 Å².